The minimum Gasteiger partial charge on any atom is -0.368 e. The molecule has 0 amide bonds. The highest BCUT2D eigenvalue weighted by Crippen LogP contribution is 2.33. The van der Waals surface area contributed by atoms with Gasteiger partial charge in [-0.1, -0.05) is 13.3 Å². The van der Waals surface area contributed by atoms with Crippen LogP contribution in [0.2, 0.25) is 0 Å². The molecule has 5 heteroatoms. The largest absolute Gasteiger partial charge is 0.368 e. The van der Waals surface area contributed by atoms with Gasteiger partial charge in [-0.2, -0.15) is 10.1 Å². The van der Waals surface area contributed by atoms with Crippen LogP contribution in [0, 0.1) is 0 Å². The van der Waals surface area contributed by atoms with Crippen LogP contribution in [0.25, 0.3) is 0 Å². The zero-order valence-electron chi connectivity index (χ0n) is 9.45. The van der Waals surface area contributed by atoms with Crippen molar-refractivity contribution >= 4 is 5.95 Å². The summed E-state index contributed by atoms with van der Waals surface area (Å²) in [7, 11) is 1.83. The van der Waals surface area contributed by atoms with Crippen LogP contribution < -0.4 is 11.1 Å². The first-order valence-electron chi connectivity index (χ1n) is 5.60. The van der Waals surface area contributed by atoms with Gasteiger partial charge in [0.25, 0.3) is 0 Å². The molecule has 1 fully saturated rings. The van der Waals surface area contributed by atoms with E-state index in [1.165, 1.54) is 6.42 Å². The van der Waals surface area contributed by atoms with Gasteiger partial charge < -0.3 is 11.1 Å². The summed E-state index contributed by atoms with van der Waals surface area (Å²) >= 11 is 0. The maximum Gasteiger partial charge on any atom is 0.218 e. The first-order valence-corrected chi connectivity index (χ1v) is 5.60. The monoisotopic (exact) mass is 209 g/mol. The number of hydrogen-bond acceptors (Lipinski definition) is 4. The van der Waals surface area contributed by atoms with Crippen molar-refractivity contribution in [1.29, 1.82) is 0 Å². The summed E-state index contributed by atoms with van der Waals surface area (Å²) in [5.74, 6) is 1.36. The summed E-state index contributed by atoms with van der Waals surface area (Å²) in [5, 5.41) is 7.94. The molecule has 1 saturated heterocycles. The lowest BCUT2D eigenvalue weighted by molar-refractivity contribution is 0.333. The number of nitrogens with one attached hydrogen (secondary N) is 1. The number of aryl methyl sites for hydroxylation is 1. The molecule has 1 aromatic heterocycles. The Hall–Kier alpha value is -1.10. The lowest BCUT2D eigenvalue weighted by atomic mass is 9.91. The van der Waals surface area contributed by atoms with Gasteiger partial charge in [-0.3, -0.25) is 0 Å². The molecule has 1 aliphatic rings. The van der Waals surface area contributed by atoms with Crippen molar-refractivity contribution in [2.75, 3.05) is 12.3 Å². The molecule has 2 heterocycles. The summed E-state index contributed by atoms with van der Waals surface area (Å²) in [6.07, 6.45) is 4.52. The Morgan fingerprint density at radius 2 is 2.40 bits per heavy atom. The van der Waals surface area contributed by atoms with Gasteiger partial charge in [-0.25, -0.2) is 4.68 Å². The molecule has 0 aliphatic carbocycles. The smallest absolute Gasteiger partial charge is 0.218 e. The molecule has 1 atom stereocenters. The first-order chi connectivity index (χ1) is 7.18. The number of anilines is 1. The Balaban J connectivity index is 2.31. The number of nitrogens with two attached hydrogens (primary N) is 1. The number of hydrogen-bond donors (Lipinski definition) is 2. The van der Waals surface area contributed by atoms with Crippen LogP contribution in [0.3, 0.4) is 0 Å². The van der Waals surface area contributed by atoms with Crippen LogP contribution in [-0.4, -0.2) is 21.3 Å². The van der Waals surface area contributed by atoms with Crippen molar-refractivity contribution in [2.45, 2.75) is 38.1 Å². The first kappa shape index (κ1) is 10.4. The Morgan fingerprint density at radius 1 is 1.60 bits per heavy atom. The number of nitrogens with zero attached hydrogens (tertiary/aromatic N) is 3. The Bertz CT molecular complexity index is 318. The van der Waals surface area contributed by atoms with Gasteiger partial charge in [0.15, 0.2) is 5.82 Å². The van der Waals surface area contributed by atoms with Gasteiger partial charge in [-0.15, -0.1) is 0 Å². The van der Waals surface area contributed by atoms with Crippen molar-refractivity contribution in [3.63, 3.8) is 0 Å². The Labute approximate surface area is 90.1 Å². The van der Waals surface area contributed by atoms with Gasteiger partial charge in [0.1, 0.15) is 0 Å². The third kappa shape index (κ3) is 1.71. The molecule has 0 aromatic carbocycles. The van der Waals surface area contributed by atoms with Crippen molar-refractivity contribution in [1.82, 2.24) is 20.1 Å². The quantitative estimate of drug-likeness (QED) is 0.771. The fourth-order valence-electron chi connectivity index (χ4n) is 2.35. The maximum absolute atomic E-state index is 5.72. The molecular formula is C10H19N5. The van der Waals surface area contributed by atoms with E-state index >= 15 is 0 Å². The molecule has 2 rings (SSSR count). The molecule has 84 valence electrons. The Kier molecular flexibility index (Phi) is 2.65. The van der Waals surface area contributed by atoms with Crippen molar-refractivity contribution < 1.29 is 0 Å². The highest BCUT2D eigenvalue weighted by atomic mass is 15.4. The molecular weight excluding hydrogens is 190 g/mol. The highest BCUT2D eigenvalue weighted by Gasteiger charge is 2.38. The van der Waals surface area contributed by atoms with E-state index in [0.29, 0.717) is 5.95 Å². The average molecular weight is 209 g/mol. The van der Waals surface area contributed by atoms with Gasteiger partial charge in [-0.05, 0) is 25.8 Å². The summed E-state index contributed by atoms with van der Waals surface area (Å²) < 4.78 is 1.65. The van der Waals surface area contributed by atoms with E-state index in [9.17, 15) is 0 Å². The second-order valence-corrected chi connectivity index (χ2v) is 4.28. The van der Waals surface area contributed by atoms with Gasteiger partial charge >= 0.3 is 0 Å². The average Bonchev–Trinajstić information content (AvgIpc) is 2.77. The molecule has 1 aromatic rings. The second-order valence-electron chi connectivity index (χ2n) is 4.28. The van der Waals surface area contributed by atoms with Gasteiger partial charge in [0.2, 0.25) is 5.95 Å². The van der Waals surface area contributed by atoms with E-state index in [4.69, 9.17) is 5.73 Å². The lowest BCUT2D eigenvalue weighted by Crippen LogP contribution is -2.37. The van der Waals surface area contributed by atoms with E-state index in [-0.39, 0.29) is 5.54 Å². The summed E-state index contributed by atoms with van der Waals surface area (Å²) in [6.45, 7) is 3.24. The maximum atomic E-state index is 5.72. The number of aromatic nitrogens is 3. The molecule has 0 radical (unpaired) electrons. The van der Waals surface area contributed by atoms with Gasteiger partial charge in [0.05, 0.1) is 5.54 Å². The van der Waals surface area contributed by atoms with Crippen molar-refractivity contribution in [2.24, 2.45) is 7.05 Å². The highest BCUT2D eigenvalue weighted by molar-refractivity contribution is 5.20. The zero-order valence-corrected chi connectivity index (χ0v) is 9.45. The molecule has 1 unspecified atom stereocenters. The van der Waals surface area contributed by atoms with Crippen LogP contribution in [-0.2, 0) is 12.6 Å². The summed E-state index contributed by atoms with van der Waals surface area (Å²) in [5.41, 5.74) is 5.70. The Morgan fingerprint density at radius 3 is 2.87 bits per heavy atom. The molecule has 0 spiro atoms. The molecule has 1 aliphatic heterocycles. The standard InChI is InChI=1S/C10H19N5/c1-3-5-10(6-4-7-12-10)8-13-9(11)15(2)14-8/h12H,3-7H2,1-2H3,(H2,11,13,14). The summed E-state index contributed by atoms with van der Waals surface area (Å²) in [4.78, 5) is 4.35. The number of nitrogen functional groups attached to an aromatic ring is 1. The van der Waals surface area contributed by atoms with Crippen molar-refractivity contribution in [3.8, 4) is 0 Å². The molecule has 3 N–H and O–H groups in total. The third-order valence-electron chi connectivity index (χ3n) is 3.15. The van der Waals surface area contributed by atoms with E-state index in [1.807, 2.05) is 7.05 Å². The van der Waals surface area contributed by atoms with Crippen LogP contribution >= 0.6 is 0 Å². The fraction of sp³-hybridized carbons (Fsp3) is 0.800. The minimum atomic E-state index is -0.0237. The fourth-order valence-corrected chi connectivity index (χ4v) is 2.35. The van der Waals surface area contributed by atoms with E-state index in [0.717, 1.165) is 31.6 Å². The van der Waals surface area contributed by atoms with Gasteiger partial charge in [0, 0.05) is 7.05 Å². The molecule has 5 nitrogen and oxygen atoms in total. The third-order valence-corrected chi connectivity index (χ3v) is 3.15. The van der Waals surface area contributed by atoms with E-state index in [2.05, 4.69) is 22.3 Å². The topological polar surface area (TPSA) is 68.8 Å². The minimum absolute atomic E-state index is 0.0237. The van der Waals surface area contributed by atoms with Crippen molar-refractivity contribution in [3.05, 3.63) is 5.82 Å². The lowest BCUT2D eigenvalue weighted by Gasteiger charge is -2.25. The van der Waals surface area contributed by atoms with Crippen LogP contribution in [0.5, 0.6) is 0 Å². The second kappa shape index (κ2) is 3.81. The van der Waals surface area contributed by atoms with E-state index in [1.54, 1.807) is 4.68 Å². The van der Waals surface area contributed by atoms with Crippen LogP contribution in [0.4, 0.5) is 5.95 Å². The van der Waals surface area contributed by atoms with E-state index < -0.39 is 0 Å². The van der Waals surface area contributed by atoms with Crippen LogP contribution in [0.15, 0.2) is 0 Å². The number of rotatable bonds is 3. The normalized spacial score (nSPS) is 26.0. The predicted molar refractivity (Wildman–Crippen MR) is 59.2 cm³/mol. The molecule has 0 saturated carbocycles. The zero-order chi connectivity index (χ0) is 10.9. The molecule has 15 heavy (non-hydrogen) atoms. The van der Waals surface area contributed by atoms with Crippen LogP contribution in [0.1, 0.15) is 38.4 Å². The predicted octanol–water partition coefficient (Wildman–Crippen LogP) is 0.776. The molecule has 0 bridgehead atoms. The summed E-state index contributed by atoms with van der Waals surface area (Å²) in [6, 6.07) is 0. The SMILES string of the molecule is CCCC1(c2nc(N)n(C)n2)CCCN1.